The maximum Gasteiger partial charge on any atom is 0.160 e. The van der Waals surface area contributed by atoms with Gasteiger partial charge < -0.3 is 9.32 Å². The van der Waals surface area contributed by atoms with Crippen LogP contribution in [0.3, 0.4) is 0 Å². The molecule has 43 heavy (non-hydrogen) atoms. The quantitative estimate of drug-likeness (QED) is 0.210. The fraction of sp³-hybridized carbons (Fsp3) is 0. The first-order valence-electron chi connectivity index (χ1n) is 14.5. The van der Waals surface area contributed by atoms with Crippen molar-refractivity contribution in [2.24, 2.45) is 0 Å². The summed E-state index contributed by atoms with van der Waals surface area (Å²) in [6.45, 7) is 0. The third-order valence-electron chi connectivity index (χ3n) is 8.46. The highest BCUT2D eigenvalue weighted by molar-refractivity contribution is 7.25. The second-order valence-corrected chi connectivity index (χ2v) is 12.0. The molecule has 0 unspecified atom stereocenters. The standard InChI is InChI=1S/C40H25NOS/c1-2-11-27(12-3-1)30-22-23-35(40-39(30)32-17-6-8-19-36(32)42-40)41(34-18-10-14-26-13-4-5-15-29(26)34)28-21-24-38-33(25-28)31-16-7-9-20-37(31)43-38/h1-25H. The zero-order valence-corrected chi connectivity index (χ0v) is 24.0. The van der Waals surface area contributed by atoms with Gasteiger partial charge in [0.15, 0.2) is 5.58 Å². The summed E-state index contributed by atoms with van der Waals surface area (Å²) in [4.78, 5) is 2.38. The van der Waals surface area contributed by atoms with Crippen LogP contribution in [0.25, 0.3) is 64.0 Å². The molecule has 0 N–H and O–H groups in total. The van der Waals surface area contributed by atoms with Crippen LogP contribution in [0.15, 0.2) is 156 Å². The highest BCUT2D eigenvalue weighted by Gasteiger charge is 2.23. The molecule has 0 atom stereocenters. The van der Waals surface area contributed by atoms with Crippen LogP contribution >= 0.6 is 11.3 Å². The molecule has 0 aliphatic rings. The van der Waals surface area contributed by atoms with Gasteiger partial charge in [0.05, 0.1) is 11.4 Å². The largest absolute Gasteiger partial charge is 0.454 e. The summed E-state index contributed by atoms with van der Waals surface area (Å²) >= 11 is 1.84. The molecule has 0 radical (unpaired) electrons. The number of nitrogens with zero attached hydrogens (tertiary/aromatic N) is 1. The van der Waals surface area contributed by atoms with Crippen LogP contribution in [0.2, 0.25) is 0 Å². The van der Waals surface area contributed by atoms with Gasteiger partial charge in [0, 0.05) is 42.0 Å². The molecule has 2 nitrogen and oxygen atoms in total. The molecule has 0 spiro atoms. The second kappa shape index (κ2) is 9.59. The number of fused-ring (bicyclic) bond motifs is 7. The Kier molecular flexibility index (Phi) is 5.40. The van der Waals surface area contributed by atoms with E-state index in [9.17, 15) is 0 Å². The Bertz CT molecular complexity index is 2460. The predicted octanol–water partition coefficient (Wildman–Crippen LogP) is 12.2. The van der Waals surface area contributed by atoms with Crippen LogP contribution in [0, 0.1) is 0 Å². The summed E-state index contributed by atoms with van der Waals surface area (Å²) in [6.07, 6.45) is 0. The summed E-state index contributed by atoms with van der Waals surface area (Å²) in [5, 5.41) is 7.20. The Labute approximate surface area is 252 Å². The van der Waals surface area contributed by atoms with Crippen molar-refractivity contribution in [3.63, 3.8) is 0 Å². The van der Waals surface area contributed by atoms with E-state index in [0.717, 1.165) is 39.0 Å². The first-order valence-corrected chi connectivity index (χ1v) is 15.3. The Balaban J connectivity index is 1.39. The van der Waals surface area contributed by atoms with E-state index < -0.39 is 0 Å². The van der Waals surface area contributed by atoms with Gasteiger partial charge >= 0.3 is 0 Å². The molecular formula is C40H25NOS. The van der Waals surface area contributed by atoms with E-state index in [1.807, 2.05) is 17.4 Å². The van der Waals surface area contributed by atoms with Gasteiger partial charge in [-0.25, -0.2) is 0 Å². The normalized spacial score (nSPS) is 11.7. The van der Waals surface area contributed by atoms with Crippen LogP contribution in [0.4, 0.5) is 17.1 Å². The van der Waals surface area contributed by atoms with Gasteiger partial charge in [-0.05, 0) is 59.0 Å². The van der Waals surface area contributed by atoms with E-state index >= 15 is 0 Å². The molecule has 0 bridgehead atoms. The minimum absolute atomic E-state index is 0.880. The number of thiophene rings is 1. The van der Waals surface area contributed by atoms with E-state index in [4.69, 9.17) is 4.42 Å². The van der Waals surface area contributed by atoms with Crippen molar-refractivity contribution < 1.29 is 4.42 Å². The molecule has 2 heterocycles. The maximum atomic E-state index is 6.78. The number of benzene rings is 7. The van der Waals surface area contributed by atoms with Gasteiger partial charge in [0.2, 0.25) is 0 Å². The number of hydrogen-bond acceptors (Lipinski definition) is 3. The summed E-state index contributed by atoms with van der Waals surface area (Å²) in [6, 6.07) is 54.2. The highest BCUT2D eigenvalue weighted by atomic mass is 32.1. The summed E-state index contributed by atoms with van der Waals surface area (Å²) in [5.41, 5.74) is 7.34. The molecule has 9 rings (SSSR count). The molecule has 3 heteroatoms. The molecule has 0 saturated heterocycles. The zero-order chi connectivity index (χ0) is 28.3. The van der Waals surface area contributed by atoms with Gasteiger partial charge in [0.25, 0.3) is 0 Å². The molecule has 202 valence electrons. The van der Waals surface area contributed by atoms with Gasteiger partial charge in [-0.3, -0.25) is 0 Å². The molecule has 0 aliphatic heterocycles. The Morgan fingerprint density at radius 2 is 1.21 bits per heavy atom. The van der Waals surface area contributed by atoms with Crippen molar-refractivity contribution in [3.8, 4) is 11.1 Å². The topological polar surface area (TPSA) is 16.4 Å². The SMILES string of the molecule is c1ccc(-c2ccc(N(c3ccc4sc5ccccc5c4c3)c3cccc4ccccc34)c3oc4ccccc4c23)cc1. The molecule has 0 saturated carbocycles. The van der Waals surface area contributed by atoms with Gasteiger partial charge in [-0.15, -0.1) is 11.3 Å². The third-order valence-corrected chi connectivity index (χ3v) is 9.61. The van der Waals surface area contributed by atoms with Crippen molar-refractivity contribution in [2.75, 3.05) is 4.90 Å². The first kappa shape index (κ1) is 24.2. The lowest BCUT2D eigenvalue weighted by atomic mass is 9.98. The molecule has 7 aromatic carbocycles. The Morgan fingerprint density at radius 3 is 2.12 bits per heavy atom. The third kappa shape index (κ3) is 3.79. The van der Waals surface area contributed by atoms with E-state index in [2.05, 4.69) is 150 Å². The van der Waals surface area contributed by atoms with E-state index in [-0.39, 0.29) is 0 Å². The monoisotopic (exact) mass is 567 g/mol. The van der Waals surface area contributed by atoms with E-state index in [1.165, 1.54) is 42.1 Å². The molecule has 9 aromatic rings. The molecular weight excluding hydrogens is 543 g/mol. The van der Waals surface area contributed by atoms with Crippen molar-refractivity contribution in [3.05, 3.63) is 152 Å². The summed E-state index contributed by atoms with van der Waals surface area (Å²) in [7, 11) is 0. The summed E-state index contributed by atoms with van der Waals surface area (Å²) < 4.78 is 9.38. The fourth-order valence-corrected chi connectivity index (χ4v) is 7.60. The lowest BCUT2D eigenvalue weighted by molar-refractivity contribution is 0.669. The lowest BCUT2D eigenvalue weighted by Crippen LogP contribution is -2.11. The number of furan rings is 1. The lowest BCUT2D eigenvalue weighted by Gasteiger charge is -2.27. The van der Waals surface area contributed by atoms with Crippen LogP contribution in [-0.4, -0.2) is 0 Å². The number of anilines is 3. The van der Waals surface area contributed by atoms with E-state index in [1.54, 1.807) is 0 Å². The average molecular weight is 568 g/mol. The molecule has 0 amide bonds. The first-order chi connectivity index (χ1) is 21.3. The average Bonchev–Trinajstić information content (AvgIpc) is 3.64. The summed E-state index contributed by atoms with van der Waals surface area (Å²) in [5.74, 6) is 0. The Morgan fingerprint density at radius 1 is 0.488 bits per heavy atom. The van der Waals surface area contributed by atoms with Crippen LogP contribution < -0.4 is 4.90 Å². The smallest absolute Gasteiger partial charge is 0.160 e. The fourth-order valence-electron chi connectivity index (χ4n) is 6.51. The Hall–Kier alpha value is -5.38. The van der Waals surface area contributed by atoms with Gasteiger partial charge in [-0.1, -0.05) is 109 Å². The zero-order valence-electron chi connectivity index (χ0n) is 23.2. The maximum absolute atomic E-state index is 6.78. The van der Waals surface area contributed by atoms with Crippen LogP contribution in [0.5, 0.6) is 0 Å². The van der Waals surface area contributed by atoms with Crippen molar-refractivity contribution >= 4 is 81.3 Å². The molecule has 0 aliphatic carbocycles. The second-order valence-electron chi connectivity index (χ2n) is 10.9. The van der Waals surface area contributed by atoms with E-state index in [0.29, 0.717) is 0 Å². The van der Waals surface area contributed by atoms with Crippen LogP contribution in [-0.2, 0) is 0 Å². The van der Waals surface area contributed by atoms with Crippen LogP contribution in [0.1, 0.15) is 0 Å². The van der Waals surface area contributed by atoms with Crippen molar-refractivity contribution in [1.82, 2.24) is 0 Å². The van der Waals surface area contributed by atoms with Crippen molar-refractivity contribution in [2.45, 2.75) is 0 Å². The van der Waals surface area contributed by atoms with Gasteiger partial charge in [-0.2, -0.15) is 0 Å². The highest BCUT2D eigenvalue weighted by Crippen LogP contribution is 2.48. The number of hydrogen-bond donors (Lipinski definition) is 0. The van der Waals surface area contributed by atoms with Crippen molar-refractivity contribution in [1.29, 1.82) is 0 Å². The number of para-hydroxylation sites is 1. The minimum atomic E-state index is 0.880. The minimum Gasteiger partial charge on any atom is -0.454 e. The molecule has 2 aromatic heterocycles. The number of rotatable bonds is 4. The predicted molar refractivity (Wildman–Crippen MR) is 184 cm³/mol. The molecule has 0 fully saturated rings. The van der Waals surface area contributed by atoms with Gasteiger partial charge in [0.1, 0.15) is 5.58 Å².